The Morgan fingerprint density at radius 1 is 1.53 bits per heavy atom. The van der Waals surface area contributed by atoms with Crippen LogP contribution in [0.1, 0.15) is 5.56 Å². The van der Waals surface area contributed by atoms with E-state index in [1.54, 1.807) is 12.1 Å². The Labute approximate surface area is 112 Å². The maximum absolute atomic E-state index is 13.5. The molecule has 0 aliphatic carbocycles. The maximum atomic E-state index is 13.5. The van der Waals surface area contributed by atoms with E-state index in [0.717, 1.165) is 6.54 Å². The predicted octanol–water partition coefficient (Wildman–Crippen LogP) is 1.24. The van der Waals surface area contributed by atoms with Gasteiger partial charge in [-0.15, -0.1) is 0 Å². The third kappa shape index (κ3) is 3.75. The molecule has 2 rings (SSSR count). The zero-order valence-electron chi connectivity index (χ0n) is 11.0. The van der Waals surface area contributed by atoms with Crippen LogP contribution in [0.4, 0.5) is 4.39 Å². The van der Waals surface area contributed by atoms with Crippen LogP contribution in [0.3, 0.4) is 0 Å². The molecule has 1 aromatic carbocycles. The number of hydrogen-bond donors (Lipinski definition) is 0. The Balaban J connectivity index is 1.86. The molecule has 0 amide bonds. The molecule has 1 aliphatic rings. The minimum Gasteiger partial charge on any atom is -0.467 e. The smallest absolute Gasteiger partial charge is 0.336 e. The van der Waals surface area contributed by atoms with Gasteiger partial charge < -0.3 is 9.47 Å². The fourth-order valence-corrected chi connectivity index (χ4v) is 2.16. The van der Waals surface area contributed by atoms with Gasteiger partial charge in [-0.05, 0) is 18.1 Å². The molecule has 1 fully saturated rings. The molecule has 0 radical (unpaired) electrons. The number of halogens is 1. The lowest BCUT2D eigenvalue weighted by molar-refractivity contribution is -0.159. The van der Waals surface area contributed by atoms with Crippen LogP contribution in [0, 0.1) is 5.82 Å². The molecule has 1 aromatic rings. The Hall–Kier alpha value is -1.46. The summed E-state index contributed by atoms with van der Waals surface area (Å²) in [5, 5.41) is 0. The van der Waals surface area contributed by atoms with Gasteiger partial charge >= 0.3 is 5.97 Å². The summed E-state index contributed by atoms with van der Waals surface area (Å²) in [6, 6.07) is 6.76. The van der Waals surface area contributed by atoms with Crippen LogP contribution < -0.4 is 0 Å². The van der Waals surface area contributed by atoms with Crippen LogP contribution in [-0.4, -0.2) is 50.3 Å². The summed E-state index contributed by atoms with van der Waals surface area (Å²) < 4.78 is 23.5. The normalized spacial score (nSPS) is 20.2. The monoisotopic (exact) mass is 267 g/mol. The summed E-state index contributed by atoms with van der Waals surface area (Å²) in [7, 11) is 1.35. The molecular weight excluding hydrogens is 249 g/mol. The molecule has 1 heterocycles. The number of carbonyl (C=O) groups excluding carboxylic acids is 1. The van der Waals surface area contributed by atoms with Crippen molar-refractivity contribution in [3.05, 3.63) is 35.6 Å². The third-order valence-electron chi connectivity index (χ3n) is 3.27. The number of carbonyl (C=O) groups is 1. The summed E-state index contributed by atoms with van der Waals surface area (Å²) in [5.74, 6) is -0.532. The lowest BCUT2D eigenvalue weighted by atomic mass is 10.1. The molecule has 0 bridgehead atoms. The zero-order chi connectivity index (χ0) is 13.7. The average Bonchev–Trinajstić information content (AvgIpc) is 2.46. The zero-order valence-corrected chi connectivity index (χ0v) is 11.0. The van der Waals surface area contributed by atoms with Crippen molar-refractivity contribution in [1.82, 2.24) is 4.90 Å². The highest BCUT2D eigenvalue weighted by molar-refractivity contribution is 5.74. The van der Waals surface area contributed by atoms with E-state index in [4.69, 9.17) is 4.74 Å². The second-order valence-corrected chi connectivity index (χ2v) is 4.52. The van der Waals surface area contributed by atoms with Gasteiger partial charge in [-0.3, -0.25) is 4.90 Å². The van der Waals surface area contributed by atoms with Crippen molar-refractivity contribution in [2.24, 2.45) is 0 Å². The quantitative estimate of drug-likeness (QED) is 0.769. The molecule has 4 nitrogen and oxygen atoms in total. The molecule has 5 heteroatoms. The molecule has 0 N–H and O–H groups in total. The fraction of sp³-hybridized carbons (Fsp3) is 0.500. The van der Waals surface area contributed by atoms with Gasteiger partial charge in [-0.2, -0.15) is 0 Å². The third-order valence-corrected chi connectivity index (χ3v) is 3.27. The van der Waals surface area contributed by atoms with Crippen molar-refractivity contribution < 1.29 is 18.7 Å². The molecule has 1 unspecified atom stereocenters. The van der Waals surface area contributed by atoms with E-state index in [1.165, 1.54) is 13.2 Å². The number of hydrogen-bond acceptors (Lipinski definition) is 4. The van der Waals surface area contributed by atoms with Crippen molar-refractivity contribution in [1.29, 1.82) is 0 Å². The van der Waals surface area contributed by atoms with E-state index >= 15 is 0 Å². The molecule has 1 aliphatic heterocycles. The van der Waals surface area contributed by atoms with E-state index in [0.29, 0.717) is 31.7 Å². The van der Waals surface area contributed by atoms with E-state index in [9.17, 15) is 9.18 Å². The van der Waals surface area contributed by atoms with E-state index < -0.39 is 6.10 Å². The van der Waals surface area contributed by atoms with E-state index in [-0.39, 0.29) is 11.8 Å². The molecule has 0 aromatic heterocycles. The van der Waals surface area contributed by atoms with Crippen LogP contribution in [0.15, 0.2) is 24.3 Å². The van der Waals surface area contributed by atoms with Crippen molar-refractivity contribution in [3.63, 3.8) is 0 Å². The largest absolute Gasteiger partial charge is 0.467 e. The topological polar surface area (TPSA) is 38.8 Å². The maximum Gasteiger partial charge on any atom is 0.336 e. The van der Waals surface area contributed by atoms with Crippen LogP contribution >= 0.6 is 0 Å². The summed E-state index contributed by atoms with van der Waals surface area (Å²) in [6.07, 6.45) is 0.0972. The number of methoxy groups -OCH3 is 1. The molecule has 104 valence electrons. The number of rotatable bonds is 4. The summed E-state index contributed by atoms with van der Waals surface area (Å²) in [4.78, 5) is 13.5. The standard InChI is InChI=1S/C14H18FNO3/c1-18-14(17)13-10-16(8-9-19-13)7-6-11-4-2-3-5-12(11)15/h2-5,13H,6-10H2,1H3. The Morgan fingerprint density at radius 2 is 2.32 bits per heavy atom. The second kappa shape index (κ2) is 6.63. The minimum absolute atomic E-state index is 0.180. The highest BCUT2D eigenvalue weighted by Crippen LogP contribution is 2.11. The van der Waals surface area contributed by atoms with E-state index in [1.807, 2.05) is 6.07 Å². The predicted molar refractivity (Wildman–Crippen MR) is 68.3 cm³/mol. The minimum atomic E-state index is -0.528. The molecular formula is C14H18FNO3. The molecule has 19 heavy (non-hydrogen) atoms. The summed E-state index contributed by atoms with van der Waals surface area (Å²) >= 11 is 0. The molecule has 1 atom stereocenters. The van der Waals surface area contributed by atoms with Crippen molar-refractivity contribution in [2.75, 3.05) is 33.4 Å². The first-order valence-electron chi connectivity index (χ1n) is 6.36. The van der Waals surface area contributed by atoms with Gasteiger partial charge in [-0.25, -0.2) is 9.18 Å². The first kappa shape index (κ1) is 14.0. The molecule has 0 spiro atoms. The van der Waals surface area contributed by atoms with Crippen LogP contribution in [0.5, 0.6) is 0 Å². The van der Waals surface area contributed by atoms with Crippen molar-refractivity contribution in [2.45, 2.75) is 12.5 Å². The number of nitrogens with zero attached hydrogens (tertiary/aromatic N) is 1. The number of benzene rings is 1. The second-order valence-electron chi connectivity index (χ2n) is 4.52. The lowest BCUT2D eigenvalue weighted by Crippen LogP contribution is -2.47. The highest BCUT2D eigenvalue weighted by Gasteiger charge is 2.27. The first-order valence-corrected chi connectivity index (χ1v) is 6.36. The van der Waals surface area contributed by atoms with Crippen molar-refractivity contribution in [3.8, 4) is 0 Å². The van der Waals surface area contributed by atoms with Crippen LogP contribution in [0.25, 0.3) is 0 Å². The fourth-order valence-electron chi connectivity index (χ4n) is 2.16. The van der Waals surface area contributed by atoms with Gasteiger partial charge in [0.15, 0.2) is 6.10 Å². The van der Waals surface area contributed by atoms with E-state index in [2.05, 4.69) is 9.64 Å². The highest BCUT2D eigenvalue weighted by atomic mass is 19.1. The van der Waals surface area contributed by atoms with Gasteiger partial charge in [0, 0.05) is 19.6 Å². The van der Waals surface area contributed by atoms with Gasteiger partial charge in [0.1, 0.15) is 5.82 Å². The van der Waals surface area contributed by atoms with Crippen molar-refractivity contribution >= 4 is 5.97 Å². The Kier molecular flexibility index (Phi) is 4.87. The average molecular weight is 267 g/mol. The number of morpholine rings is 1. The molecule has 1 saturated heterocycles. The Bertz CT molecular complexity index is 438. The summed E-state index contributed by atoms with van der Waals surface area (Å²) in [5.41, 5.74) is 0.698. The van der Waals surface area contributed by atoms with Crippen LogP contribution in [-0.2, 0) is 20.7 Å². The number of ether oxygens (including phenoxy) is 2. The first-order chi connectivity index (χ1) is 9.20. The molecule has 0 saturated carbocycles. The van der Waals surface area contributed by atoms with Gasteiger partial charge in [0.25, 0.3) is 0 Å². The van der Waals surface area contributed by atoms with Crippen LogP contribution in [0.2, 0.25) is 0 Å². The number of esters is 1. The Morgan fingerprint density at radius 3 is 3.05 bits per heavy atom. The van der Waals surface area contributed by atoms with Gasteiger partial charge in [0.05, 0.1) is 13.7 Å². The lowest BCUT2D eigenvalue weighted by Gasteiger charge is -2.31. The SMILES string of the molecule is COC(=O)C1CN(CCc2ccccc2F)CCO1. The summed E-state index contributed by atoms with van der Waals surface area (Å²) in [6.45, 7) is 2.46. The van der Waals surface area contributed by atoms with Gasteiger partial charge in [-0.1, -0.05) is 18.2 Å². The van der Waals surface area contributed by atoms with Gasteiger partial charge in [0.2, 0.25) is 0 Å².